The highest BCUT2D eigenvalue weighted by molar-refractivity contribution is 9.10. The first kappa shape index (κ1) is 27.9. The number of hydrogen-bond donors (Lipinski definition) is 1. The second-order valence-electron chi connectivity index (χ2n) is 8.37. The first-order chi connectivity index (χ1) is 16.0. The minimum atomic E-state index is -3.75. The molecular weight excluding hydrogens is 518 g/mol. The van der Waals surface area contributed by atoms with Crippen LogP contribution < -0.4 is 9.62 Å². The van der Waals surface area contributed by atoms with Gasteiger partial charge in [-0.1, -0.05) is 54.0 Å². The van der Waals surface area contributed by atoms with Gasteiger partial charge >= 0.3 is 0 Å². The fraction of sp³-hybridized carbons (Fsp3) is 0.440. The number of rotatable bonds is 11. The van der Waals surface area contributed by atoms with E-state index < -0.39 is 28.5 Å². The lowest BCUT2D eigenvalue weighted by atomic mass is 10.1. The minimum absolute atomic E-state index is 0.209. The molecule has 34 heavy (non-hydrogen) atoms. The SMILES string of the molecule is CCCNC(=O)[C@@H](CC)N(Cc1ccccc1C)C(=O)CN(c1ccc(Br)c(C)c1)S(C)(=O)=O. The van der Waals surface area contributed by atoms with Crippen molar-refractivity contribution < 1.29 is 18.0 Å². The van der Waals surface area contributed by atoms with Crippen molar-refractivity contribution in [2.45, 2.75) is 53.1 Å². The average Bonchev–Trinajstić information content (AvgIpc) is 2.78. The summed E-state index contributed by atoms with van der Waals surface area (Å²) in [4.78, 5) is 28.1. The number of carbonyl (C=O) groups is 2. The van der Waals surface area contributed by atoms with Crippen molar-refractivity contribution in [2.75, 3.05) is 23.7 Å². The van der Waals surface area contributed by atoms with Crippen molar-refractivity contribution >= 4 is 43.5 Å². The number of benzene rings is 2. The number of hydrogen-bond acceptors (Lipinski definition) is 4. The van der Waals surface area contributed by atoms with Crippen molar-refractivity contribution in [3.05, 3.63) is 63.6 Å². The molecule has 0 bridgehead atoms. The molecule has 0 aliphatic rings. The van der Waals surface area contributed by atoms with E-state index in [1.807, 2.05) is 52.0 Å². The Balaban J connectivity index is 2.46. The van der Waals surface area contributed by atoms with Gasteiger partial charge in [0, 0.05) is 17.6 Å². The van der Waals surface area contributed by atoms with E-state index in [0.29, 0.717) is 18.7 Å². The van der Waals surface area contributed by atoms with Crippen molar-refractivity contribution in [3.63, 3.8) is 0 Å². The number of nitrogens with zero attached hydrogens (tertiary/aromatic N) is 2. The van der Waals surface area contributed by atoms with Gasteiger partial charge in [-0.3, -0.25) is 13.9 Å². The van der Waals surface area contributed by atoms with E-state index >= 15 is 0 Å². The Kier molecular flexibility index (Phi) is 10.1. The Bertz CT molecular complexity index is 1120. The molecular formula is C25H34BrN3O4S. The van der Waals surface area contributed by atoms with E-state index in [-0.39, 0.29) is 12.5 Å². The number of aryl methyl sites for hydroxylation is 2. The van der Waals surface area contributed by atoms with Crippen LogP contribution in [0.4, 0.5) is 5.69 Å². The highest BCUT2D eigenvalue weighted by Gasteiger charge is 2.31. The monoisotopic (exact) mass is 551 g/mol. The second-order valence-corrected chi connectivity index (χ2v) is 11.1. The van der Waals surface area contributed by atoms with Crippen LogP contribution in [0.5, 0.6) is 0 Å². The van der Waals surface area contributed by atoms with Gasteiger partial charge in [-0.2, -0.15) is 0 Å². The van der Waals surface area contributed by atoms with E-state index in [0.717, 1.165) is 38.1 Å². The first-order valence-electron chi connectivity index (χ1n) is 11.3. The normalized spacial score (nSPS) is 12.2. The highest BCUT2D eigenvalue weighted by atomic mass is 79.9. The van der Waals surface area contributed by atoms with Crippen LogP contribution in [0.15, 0.2) is 46.9 Å². The van der Waals surface area contributed by atoms with Crippen LogP contribution in [0.1, 0.15) is 43.4 Å². The van der Waals surface area contributed by atoms with Crippen LogP contribution in [0.3, 0.4) is 0 Å². The summed E-state index contributed by atoms with van der Waals surface area (Å²) in [5.41, 5.74) is 3.15. The molecule has 0 fully saturated rings. The van der Waals surface area contributed by atoms with Crippen molar-refractivity contribution in [3.8, 4) is 0 Å². The smallest absolute Gasteiger partial charge is 0.244 e. The van der Waals surface area contributed by atoms with Crippen molar-refractivity contribution in [2.24, 2.45) is 0 Å². The summed E-state index contributed by atoms with van der Waals surface area (Å²) in [5.74, 6) is -0.676. The molecule has 7 nitrogen and oxygen atoms in total. The van der Waals surface area contributed by atoms with Crippen molar-refractivity contribution in [1.29, 1.82) is 0 Å². The zero-order valence-electron chi connectivity index (χ0n) is 20.5. The molecule has 0 unspecified atom stereocenters. The van der Waals surface area contributed by atoms with Crippen LogP contribution in [0, 0.1) is 13.8 Å². The molecule has 0 aliphatic carbocycles. The molecule has 0 heterocycles. The van der Waals surface area contributed by atoms with Gasteiger partial charge in [0.1, 0.15) is 12.6 Å². The Morgan fingerprint density at radius 1 is 1.06 bits per heavy atom. The standard InChI is InChI=1S/C25H34BrN3O4S/c1-6-14-27-25(31)23(7-2)28(16-20-11-9-8-10-18(20)3)24(30)17-29(34(5,32)33)21-12-13-22(26)19(4)15-21/h8-13,15,23H,6-7,14,16-17H2,1-5H3,(H,27,31)/t23-/m1/s1. The van der Waals surface area contributed by atoms with E-state index in [9.17, 15) is 18.0 Å². The van der Waals surface area contributed by atoms with E-state index in [1.165, 1.54) is 4.90 Å². The van der Waals surface area contributed by atoms with Gasteiger partial charge in [0.15, 0.2) is 0 Å². The summed E-state index contributed by atoms with van der Waals surface area (Å²) in [6, 6.07) is 12.1. The topological polar surface area (TPSA) is 86.8 Å². The zero-order valence-corrected chi connectivity index (χ0v) is 22.9. The predicted octanol–water partition coefficient (Wildman–Crippen LogP) is 4.17. The fourth-order valence-corrected chi connectivity index (χ4v) is 4.74. The van der Waals surface area contributed by atoms with Crippen LogP contribution in [-0.2, 0) is 26.2 Å². The number of carbonyl (C=O) groups excluding carboxylic acids is 2. The Morgan fingerprint density at radius 3 is 2.29 bits per heavy atom. The summed E-state index contributed by atoms with van der Waals surface area (Å²) in [6.45, 7) is 7.93. The molecule has 9 heteroatoms. The number of nitrogens with one attached hydrogen (secondary N) is 1. The summed E-state index contributed by atoms with van der Waals surface area (Å²) in [5, 5.41) is 2.88. The fourth-order valence-electron chi connectivity index (χ4n) is 3.65. The summed E-state index contributed by atoms with van der Waals surface area (Å²) < 4.78 is 27.3. The number of anilines is 1. The third kappa shape index (κ3) is 7.30. The van der Waals surface area contributed by atoms with Gasteiger partial charge in [0.05, 0.1) is 11.9 Å². The third-order valence-electron chi connectivity index (χ3n) is 5.65. The molecule has 2 aromatic rings. The molecule has 0 aliphatic heterocycles. The number of halogens is 1. The predicted molar refractivity (Wildman–Crippen MR) is 140 cm³/mol. The summed E-state index contributed by atoms with van der Waals surface area (Å²) >= 11 is 3.42. The maximum Gasteiger partial charge on any atom is 0.244 e. The molecule has 2 amide bonds. The molecule has 0 spiro atoms. The summed E-state index contributed by atoms with van der Waals surface area (Å²) in [7, 11) is -3.75. The highest BCUT2D eigenvalue weighted by Crippen LogP contribution is 2.25. The Labute approximate surface area is 211 Å². The Morgan fingerprint density at radius 2 is 1.74 bits per heavy atom. The molecule has 1 N–H and O–H groups in total. The average molecular weight is 553 g/mol. The van der Waals surface area contributed by atoms with Gasteiger partial charge in [0.25, 0.3) is 0 Å². The van der Waals surface area contributed by atoms with Crippen LogP contribution in [0.2, 0.25) is 0 Å². The van der Waals surface area contributed by atoms with Gasteiger partial charge in [-0.25, -0.2) is 8.42 Å². The van der Waals surface area contributed by atoms with Gasteiger partial charge in [-0.05, 0) is 61.6 Å². The van der Waals surface area contributed by atoms with Gasteiger partial charge < -0.3 is 10.2 Å². The lowest BCUT2D eigenvalue weighted by Crippen LogP contribution is -2.52. The van der Waals surface area contributed by atoms with Crippen LogP contribution in [0.25, 0.3) is 0 Å². The first-order valence-corrected chi connectivity index (χ1v) is 14.0. The minimum Gasteiger partial charge on any atom is -0.354 e. The number of sulfonamides is 1. The van der Waals surface area contributed by atoms with E-state index in [4.69, 9.17) is 0 Å². The molecule has 0 saturated carbocycles. The second kappa shape index (κ2) is 12.4. The molecule has 2 rings (SSSR count). The third-order valence-corrected chi connectivity index (χ3v) is 7.68. The van der Waals surface area contributed by atoms with Gasteiger partial charge in [-0.15, -0.1) is 0 Å². The van der Waals surface area contributed by atoms with Crippen LogP contribution in [-0.4, -0.2) is 50.5 Å². The molecule has 0 saturated heterocycles. The van der Waals surface area contributed by atoms with E-state index in [1.54, 1.807) is 18.2 Å². The molecule has 0 aromatic heterocycles. The van der Waals surface area contributed by atoms with Crippen LogP contribution >= 0.6 is 15.9 Å². The maximum atomic E-state index is 13.7. The van der Waals surface area contributed by atoms with Crippen molar-refractivity contribution in [1.82, 2.24) is 10.2 Å². The van der Waals surface area contributed by atoms with E-state index in [2.05, 4.69) is 21.2 Å². The quantitative estimate of drug-likeness (QED) is 0.454. The number of amides is 2. The lowest BCUT2D eigenvalue weighted by molar-refractivity contribution is -0.140. The Hall–Kier alpha value is -2.39. The molecule has 0 radical (unpaired) electrons. The van der Waals surface area contributed by atoms with Gasteiger partial charge in [0.2, 0.25) is 21.8 Å². The lowest BCUT2D eigenvalue weighted by Gasteiger charge is -2.33. The summed E-state index contributed by atoms with van der Waals surface area (Å²) in [6.07, 6.45) is 2.26. The molecule has 186 valence electrons. The molecule has 1 atom stereocenters. The molecule has 2 aromatic carbocycles. The largest absolute Gasteiger partial charge is 0.354 e. The zero-order chi connectivity index (χ0) is 25.5. The maximum absolute atomic E-state index is 13.7.